The number of benzene rings is 1. The molecule has 3 N–H and O–H groups in total. The minimum atomic E-state index is 0.285. The van der Waals surface area contributed by atoms with Crippen LogP contribution >= 0.6 is 0 Å². The van der Waals surface area contributed by atoms with Gasteiger partial charge in [-0.1, -0.05) is 43.7 Å². The number of hydrogen-bond acceptors (Lipinski definition) is 2. The van der Waals surface area contributed by atoms with E-state index in [9.17, 15) is 0 Å². The highest BCUT2D eigenvalue weighted by Gasteiger charge is 2.08. The topological polar surface area (TPSA) is 38.0 Å². The van der Waals surface area contributed by atoms with Crippen molar-refractivity contribution in [1.29, 1.82) is 0 Å². The van der Waals surface area contributed by atoms with Crippen molar-refractivity contribution in [2.24, 2.45) is 11.7 Å². The first-order valence-corrected chi connectivity index (χ1v) is 5.63. The third kappa shape index (κ3) is 4.02. The summed E-state index contributed by atoms with van der Waals surface area (Å²) in [5, 5.41) is 3.49. The first-order valence-electron chi connectivity index (χ1n) is 5.63. The number of rotatable bonds is 5. The van der Waals surface area contributed by atoms with Gasteiger partial charge in [-0.25, -0.2) is 0 Å². The molecule has 0 saturated carbocycles. The van der Waals surface area contributed by atoms with E-state index in [1.54, 1.807) is 0 Å². The number of nitrogens with one attached hydrogen (secondary N) is 1. The zero-order valence-corrected chi connectivity index (χ0v) is 9.96. The van der Waals surface area contributed by atoms with Crippen LogP contribution in [0.2, 0.25) is 0 Å². The molecule has 0 spiro atoms. The summed E-state index contributed by atoms with van der Waals surface area (Å²) >= 11 is 0. The minimum Gasteiger partial charge on any atom is -0.329 e. The Bertz CT molecular complexity index is 294. The van der Waals surface area contributed by atoms with E-state index in [4.69, 9.17) is 5.73 Å². The summed E-state index contributed by atoms with van der Waals surface area (Å²) in [6, 6.07) is 8.82. The third-order valence-electron chi connectivity index (χ3n) is 2.45. The summed E-state index contributed by atoms with van der Waals surface area (Å²) in [5.41, 5.74) is 8.36. The molecule has 1 aromatic carbocycles. The first kappa shape index (κ1) is 12.2. The zero-order valence-electron chi connectivity index (χ0n) is 9.96. The van der Waals surface area contributed by atoms with Crippen LogP contribution in [0.3, 0.4) is 0 Å². The molecule has 0 bridgehead atoms. The van der Waals surface area contributed by atoms with Gasteiger partial charge in [0.1, 0.15) is 0 Å². The van der Waals surface area contributed by atoms with Gasteiger partial charge in [-0.05, 0) is 24.9 Å². The summed E-state index contributed by atoms with van der Waals surface area (Å²) < 4.78 is 0. The Morgan fingerprint density at radius 2 is 2.07 bits per heavy atom. The Balaban J connectivity index is 2.65. The van der Waals surface area contributed by atoms with Crippen LogP contribution in [0.15, 0.2) is 24.3 Å². The monoisotopic (exact) mass is 206 g/mol. The second-order valence-corrected chi connectivity index (χ2v) is 4.50. The molecule has 1 unspecified atom stereocenters. The summed E-state index contributed by atoms with van der Waals surface area (Å²) in [7, 11) is 0. The molecule has 1 rings (SSSR count). The fraction of sp³-hybridized carbons (Fsp3) is 0.538. The Morgan fingerprint density at radius 3 is 2.60 bits per heavy atom. The molecule has 0 radical (unpaired) electrons. The van der Waals surface area contributed by atoms with Gasteiger partial charge in [-0.3, -0.25) is 0 Å². The van der Waals surface area contributed by atoms with Gasteiger partial charge in [-0.2, -0.15) is 0 Å². The molecule has 0 aliphatic heterocycles. The van der Waals surface area contributed by atoms with Gasteiger partial charge in [0.25, 0.3) is 0 Å². The highest BCUT2D eigenvalue weighted by molar-refractivity contribution is 5.25. The van der Waals surface area contributed by atoms with E-state index in [0.29, 0.717) is 12.5 Å². The Kier molecular flexibility index (Phi) is 4.79. The maximum atomic E-state index is 5.78. The standard InChI is InChI=1S/C13H22N2/c1-10(2)9-15-13(8-14)12-6-4-5-11(3)7-12/h4-7,10,13,15H,8-9,14H2,1-3H3. The summed E-state index contributed by atoms with van der Waals surface area (Å²) in [4.78, 5) is 0. The van der Waals surface area contributed by atoms with Crippen LogP contribution < -0.4 is 11.1 Å². The van der Waals surface area contributed by atoms with Crippen LogP contribution in [-0.2, 0) is 0 Å². The smallest absolute Gasteiger partial charge is 0.0444 e. The molecule has 0 fully saturated rings. The molecule has 15 heavy (non-hydrogen) atoms. The average molecular weight is 206 g/mol. The van der Waals surface area contributed by atoms with E-state index in [1.165, 1.54) is 11.1 Å². The van der Waals surface area contributed by atoms with Crippen LogP contribution in [0.1, 0.15) is 31.0 Å². The maximum absolute atomic E-state index is 5.78. The summed E-state index contributed by atoms with van der Waals surface area (Å²) in [6.45, 7) is 8.18. The highest BCUT2D eigenvalue weighted by atomic mass is 14.9. The number of nitrogens with two attached hydrogens (primary N) is 1. The number of hydrogen-bond donors (Lipinski definition) is 2. The van der Waals surface area contributed by atoms with Crippen molar-refractivity contribution >= 4 is 0 Å². The molecule has 2 heteroatoms. The van der Waals surface area contributed by atoms with Gasteiger partial charge in [0, 0.05) is 12.6 Å². The Morgan fingerprint density at radius 1 is 1.33 bits per heavy atom. The quantitative estimate of drug-likeness (QED) is 0.775. The lowest BCUT2D eigenvalue weighted by molar-refractivity contribution is 0.479. The molecule has 2 nitrogen and oxygen atoms in total. The van der Waals surface area contributed by atoms with E-state index in [0.717, 1.165) is 6.54 Å². The molecule has 84 valence electrons. The van der Waals surface area contributed by atoms with Crippen molar-refractivity contribution in [2.45, 2.75) is 26.8 Å². The normalized spacial score (nSPS) is 13.1. The van der Waals surface area contributed by atoms with Crippen molar-refractivity contribution in [3.63, 3.8) is 0 Å². The van der Waals surface area contributed by atoms with E-state index >= 15 is 0 Å². The molecule has 0 aliphatic rings. The average Bonchev–Trinajstić information content (AvgIpc) is 2.18. The van der Waals surface area contributed by atoms with Gasteiger partial charge >= 0.3 is 0 Å². The van der Waals surface area contributed by atoms with Gasteiger partial charge in [0.15, 0.2) is 0 Å². The predicted molar refractivity (Wildman–Crippen MR) is 65.8 cm³/mol. The van der Waals surface area contributed by atoms with Crippen LogP contribution in [0.4, 0.5) is 0 Å². The molecule has 0 saturated heterocycles. The lowest BCUT2D eigenvalue weighted by Crippen LogP contribution is -2.30. The Labute approximate surface area is 92.9 Å². The number of aryl methyl sites for hydroxylation is 1. The third-order valence-corrected chi connectivity index (χ3v) is 2.45. The second kappa shape index (κ2) is 5.89. The van der Waals surface area contributed by atoms with Gasteiger partial charge in [0.05, 0.1) is 0 Å². The SMILES string of the molecule is Cc1cccc(C(CN)NCC(C)C)c1. The Hall–Kier alpha value is -0.860. The van der Waals surface area contributed by atoms with E-state index in [1.807, 2.05) is 0 Å². The van der Waals surface area contributed by atoms with Gasteiger partial charge in [0.2, 0.25) is 0 Å². The van der Waals surface area contributed by atoms with Crippen molar-refractivity contribution in [1.82, 2.24) is 5.32 Å². The largest absolute Gasteiger partial charge is 0.329 e. The second-order valence-electron chi connectivity index (χ2n) is 4.50. The first-order chi connectivity index (χ1) is 7.13. The molecule has 0 aromatic heterocycles. The lowest BCUT2D eigenvalue weighted by atomic mass is 10.0. The van der Waals surface area contributed by atoms with E-state index < -0.39 is 0 Å². The molecule has 0 aliphatic carbocycles. The molecular formula is C13H22N2. The molecule has 1 atom stereocenters. The molecular weight excluding hydrogens is 184 g/mol. The van der Waals surface area contributed by atoms with Crippen LogP contribution in [0.25, 0.3) is 0 Å². The van der Waals surface area contributed by atoms with Crippen LogP contribution in [0.5, 0.6) is 0 Å². The van der Waals surface area contributed by atoms with E-state index in [2.05, 4.69) is 50.4 Å². The van der Waals surface area contributed by atoms with Crippen molar-refractivity contribution in [2.75, 3.05) is 13.1 Å². The van der Waals surface area contributed by atoms with Gasteiger partial charge in [-0.15, -0.1) is 0 Å². The fourth-order valence-electron chi connectivity index (χ4n) is 1.60. The zero-order chi connectivity index (χ0) is 11.3. The fourth-order valence-corrected chi connectivity index (χ4v) is 1.60. The van der Waals surface area contributed by atoms with Crippen molar-refractivity contribution in [3.05, 3.63) is 35.4 Å². The lowest BCUT2D eigenvalue weighted by Gasteiger charge is -2.19. The van der Waals surface area contributed by atoms with Crippen molar-refractivity contribution in [3.8, 4) is 0 Å². The molecule has 0 heterocycles. The highest BCUT2D eigenvalue weighted by Crippen LogP contribution is 2.13. The van der Waals surface area contributed by atoms with E-state index in [-0.39, 0.29) is 6.04 Å². The van der Waals surface area contributed by atoms with Crippen LogP contribution in [0, 0.1) is 12.8 Å². The predicted octanol–water partition coefficient (Wildman–Crippen LogP) is 2.24. The summed E-state index contributed by atoms with van der Waals surface area (Å²) in [5.74, 6) is 0.656. The minimum absolute atomic E-state index is 0.285. The van der Waals surface area contributed by atoms with Crippen molar-refractivity contribution < 1.29 is 0 Å². The van der Waals surface area contributed by atoms with Crippen LogP contribution in [-0.4, -0.2) is 13.1 Å². The molecule has 0 amide bonds. The maximum Gasteiger partial charge on any atom is 0.0444 e. The summed E-state index contributed by atoms with van der Waals surface area (Å²) in [6.07, 6.45) is 0. The van der Waals surface area contributed by atoms with Gasteiger partial charge < -0.3 is 11.1 Å². The molecule has 1 aromatic rings.